The fourth-order valence-electron chi connectivity index (χ4n) is 1.93. The summed E-state index contributed by atoms with van der Waals surface area (Å²) >= 11 is 5.50. The van der Waals surface area contributed by atoms with E-state index in [1.165, 1.54) is 6.42 Å². The average Bonchev–Trinajstić information content (AvgIpc) is 2.50. The van der Waals surface area contributed by atoms with Gasteiger partial charge in [0.05, 0.1) is 11.9 Å². The molecular weight excluding hydrogens is 174 g/mol. The molecule has 0 amide bonds. The van der Waals surface area contributed by atoms with Crippen LogP contribution in [0.3, 0.4) is 0 Å². The smallest absolute Gasteiger partial charge is 0.140 e. The Labute approximate surface area is 79.8 Å². The van der Waals surface area contributed by atoms with Gasteiger partial charge in [0.1, 0.15) is 5.72 Å². The molecule has 0 bridgehead atoms. The highest BCUT2D eigenvalue weighted by atomic mass is 35.5. The van der Waals surface area contributed by atoms with E-state index in [1.54, 1.807) is 0 Å². The molecule has 1 fully saturated rings. The lowest BCUT2D eigenvalue weighted by atomic mass is 10.1. The van der Waals surface area contributed by atoms with E-state index in [9.17, 15) is 0 Å². The molecular formula is C9H18ClNO. The first-order valence-electron chi connectivity index (χ1n) is 4.83. The van der Waals surface area contributed by atoms with Crippen LogP contribution < -0.4 is 5.32 Å². The van der Waals surface area contributed by atoms with Crippen LogP contribution >= 0.6 is 11.9 Å². The van der Waals surface area contributed by atoms with Crippen LogP contribution in [0.15, 0.2) is 0 Å². The first kappa shape index (κ1) is 10.3. The van der Waals surface area contributed by atoms with Gasteiger partial charge in [0, 0.05) is 6.04 Å². The molecule has 2 nitrogen and oxygen atoms in total. The number of rotatable bonds is 4. The Morgan fingerprint density at radius 3 is 2.75 bits per heavy atom. The van der Waals surface area contributed by atoms with Gasteiger partial charge in [0.25, 0.3) is 0 Å². The summed E-state index contributed by atoms with van der Waals surface area (Å²) in [5.74, 6) is 0. The Kier molecular flexibility index (Phi) is 3.81. The van der Waals surface area contributed by atoms with Crippen molar-refractivity contribution in [2.24, 2.45) is 0 Å². The molecule has 1 aliphatic rings. The molecule has 0 aromatic rings. The van der Waals surface area contributed by atoms with Crippen molar-refractivity contribution in [3.05, 3.63) is 0 Å². The maximum absolute atomic E-state index is 5.50. The quantitative estimate of drug-likeness (QED) is 0.738. The fourth-order valence-corrected chi connectivity index (χ4v) is 2.13. The third kappa shape index (κ3) is 2.12. The van der Waals surface area contributed by atoms with Crippen molar-refractivity contribution >= 4 is 11.9 Å². The van der Waals surface area contributed by atoms with Gasteiger partial charge in [0.2, 0.25) is 0 Å². The Morgan fingerprint density at radius 1 is 1.58 bits per heavy atom. The third-order valence-corrected chi connectivity index (χ3v) is 2.95. The minimum absolute atomic E-state index is 0.225. The second-order valence-electron chi connectivity index (χ2n) is 3.61. The summed E-state index contributed by atoms with van der Waals surface area (Å²) in [5.41, 5.74) is -0.225. The summed E-state index contributed by atoms with van der Waals surface area (Å²) in [6.45, 7) is 4.34. The minimum Gasteiger partial charge on any atom is -0.285 e. The average molecular weight is 192 g/mol. The second kappa shape index (κ2) is 4.45. The molecule has 1 rings (SSSR count). The van der Waals surface area contributed by atoms with Gasteiger partial charge in [-0.25, -0.2) is 0 Å². The summed E-state index contributed by atoms with van der Waals surface area (Å²) < 4.78 is 5.03. The lowest BCUT2D eigenvalue weighted by molar-refractivity contribution is 0.0491. The molecule has 1 saturated heterocycles. The zero-order chi connectivity index (χ0) is 9.03. The van der Waals surface area contributed by atoms with Crippen LogP contribution in [0, 0.1) is 0 Å². The molecule has 72 valence electrons. The van der Waals surface area contributed by atoms with Gasteiger partial charge in [-0.05, 0) is 25.7 Å². The van der Waals surface area contributed by atoms with Crippen LogP contribution in [0.1, 0.15) is 46.0 Å². The minimum atomic E-state index is -0.225. The Morgan fingerprint density at radius 2 is 2.33 bits per heavy atom. The molecule has 2 unspecified atom stereocenters. The standard InChI is InChI=1S/C9H18ClNO/c1-3-6-9(12-10)7-5-8(4-2)11-9/h8,11H,3-7H2,1-2H3. The predicted octanol–water partition coefficient (Wildman–Crippen LogP) is 2.82. The molecule has 12 heavy (non-hydrogen) atoms. The van der Waals surface area contributed by atoms with Gasteiger partial charge in [-0.1, -0.05) is 20.3 Å². The largest absolute Gasteiger partial charge is 0.285 e. The number of hydrogen-bond acceptors (Lipinski definition) is 2. The lowest BCUT2D eigenvalue weighted by Crippen LogP contribution is -2.43. The second-order valence-corrected chi connectivity index (χ2v) is 3.76. The highest BCUT2D eigenvalue weighted by Gasteiger charge is 2.38. The van der Waals surface area contributed by atoms with Crippen molar-refractivity contribution in [1.82, 2.24) is 5.32 Å². The Bertz CT molecular complexity index is 142. The normalized spacial score (nSPS) is 35.8. The van der Waals surface area contributed by atoms with Gasteiger partial charge in [-0.3, -0.25) is 9.61 Å². The summed E-state index contributed by atoms with van der Waals surface area (Å²) in [4.78, 5) is 0. The molecule has 0 spiro atoms. The van der Waals surface area contributed by atoms with Crippen molar-refractivity contribution in [2.75, 3.05) is 0 Å². The van der Waals surface area contributed by atoms with Crippen LogP contribution in [-0.4, -0.2) is 11.8 Å². The van der Waals surface area contributed by atoms with Gasteiger partial charge < -0.3 is 0 Å². The van der Waals surface area contributed by atoms with Crippen LogP contribution in [-0.2, 0) is 4.29 Å². The zero-order valence-corrected chi connectivity index (χ0v) is 8.66. The third-order valence-electron chi connectivity index (χ3n) is 2.66. The van der Waals surface area contributed by atoms with Crippen LogP contribution in [0.2, 0.25) is 0 Å². The first-order chi connectivity index (χ1) is 5.76. The van der Waals surface area contributed by atoms with Crippen molar-refractivity contribution in [3.8, 4) is 0 Å². The molecule has 2 atom stereocenters. The first-order valence-corrected chi connectivity index (χ1v) is 5.14. The van der Waals surface area contributed by atoms with Crippen LogP contribution in [0.4, 0.5) is 0 Å². The molecule has 1 N–H and O–H groups in total. The maximum Gasteiger partial charge on any atom is 0.140 e. The molecule has 0 aliphatic carbocycles. The number of halogens is 1. The summed E-state index contributed by atoms with van der Waals surface area (Å²) in [7, 11) is 0. The highest BCUT2D eigenvalue weighted by molar-refractivity contribution is 6.07. The van der Waals surface area contributed by atoms with E-state index in [1.807, 2.05) is 0 Å². The van der Waals surface area contributed by atoms with Crippen molar-refractivity contribution in [1.29, 1.82) is 0 Å². The van der Waals surface area contributed by atoms with Gasteiger partial charge in [0.15, 0.2) is 0 Å². The SMILES string of the molecule is CCCC1(OCl)CCC(CC)N1. The molecule has 0 radical (unpaired) electrons. The van der Waals surface area contributed by atoms with E-state index in [0.717, 1.165) is 25.7 Å². The van der Waals surface area contributed by atoms with E-state index in [0.29, 0.717) is 6.04 Å². The van der Waals surface area contributed by atoms with Crippen molar-refractivity contribution in [2.45, 2.75) is 57.7 Å². The molecule has 0 aromatic heterocycles. The number of hydrogen-bond donors (Lipinski definition) is 1. The van der Waals surface area contributed by atoms with Crippen molar-refractivity contribution in [3.63, 3.8) is 0 Å². The molecule has 0 saturated carbocycles. The topological polar surface area (TPSA) is 21.3 Å². The summed E-state index contributed by atoms with van der Waals surface area (Å²) in [6.07, 6.45) is 5.50. The summed E-state index contributed by atoms with van der Waals surface area (Å²) in [5, 5.41) is 3.45. The van der Waals surface area contributed by atoms with Crippen LogP contribution in [0.25, 0.3) is 0 Å². The fraction of sp³-hybridized carbons (Fsp3) is 1.00. The highest BCUT2D eigenvalue weighted by Crippen LogP contribution is 2.31. The molecule has 1 aliphatic heterocycles. The Hall–Kier alpha value is 0.210. The van der Waals surface area contributed by atoms with Crippen LogP contribution in [0.5, 0.6) is 0 Å². The predicted molar refractivity (Wildman–Crippen MR) is 51.0 cm³/mol. The molecule has 0 aromatic carbocycles. The lowest BCUT2D eigenvalue weighted by Gasteiger charge is -2.26. The maximum atomic E-state index is 5.50. The van der Waals surface area contributed by atoms with Crippen molar-refractivity contribution < 1.29 is 4.29 Å². The Balaban J connectivity index is 2.47. The molecule has 1 heterocycles. The van der Waals surface area contributed by atoms with E-state index in [-0.39, 0.29) is 5.72 Å². The van der Waals surface area contributed by atoms with Gasteiger partial charge in [-0.2, -0.15) is 0 Å². The van der Waals surface area contributed by atoms with E-state index < -0.39 is 0 Å². The van der Waals surface area contributed by atoms with Gasteiger partial charge >= 0.3 is 0 Å². The monoisotopic (exact) mass is 191 g/mol. The summed E-state index contributed by atoms with van der Waals surface area (Å²) in [6, 6.07) is 0.593. The van der Waals surface area contributed by atoms with E-state index in [2.05, 4.69) is 19.2 Å². The van der Waals surface area contributed by atoms with E-state index in [4.69, 9.17) is 16.2 Å². The van der Waals surface area contributed by atoms with E-state index >= 15 is 0 Å². The zero-order valence-electron chi connectivity index (χ0n) is 7.90. The van der Waals surface area contributed by atoms with Gasteiger partial charge in [-0.15, -0.1) is 0 Å². The number of nitrogens with one attached hydrogen (secondary N) is 1. The molecule has 3 heteroatoms.